The highest BCUT2D eigenvalue weighted by Gasteiger charge is 2.22. The van der Waals surface area contributed by atoms with Crippen molar-refractivity contribution >= 4 is 27.8 Å². The number of nitrogens with zero attached hydrogens (tertiary/aromatic N) is 2. The number of hydrogen-bond acceptors (Lipinski definition) is 6. The van der Waals surface area contributed by atoms with Crippen LogP contribution in [0, 0.1) is 0 Å². The van der Waals surface area contributed by atoms with E-state index in [1.165, 1.54) is 41.8 Å². The van der Waals surface area contributed by atoms with Crippen LogP contribution in [0.3, 0.4) is 0 Å². The van der Waals surface area contributed by atoms with E-state index in [0.717, 1.165) is 11.3 Å². The Morgan fingerprint density at radius 1 is 1.14 bits per heavy atom. The lowest BCUT2D eigenvalue weighted by molar-refractivity contribution is -0.120. The number of methoxy groups -OCH3 is 1. The van der Waals surface area contributed by atoms with Crippen molar-refractivity contribution in [3.05, 3.63) is 54.1 Å². The highest BCUT2D eigenvalue weighted by atomic mass is 32.2. The first-order chi connectivity index (χ1) is 13.7. The van der Waals surface area contributed by atoms with Gasteiger partial charge in [-0.1, -0.05) is 5.16 Å². The van der Waals surface area contributed by atoms with E-state index in [0.29, 0.717) is 5.69 Å². The van der Waals surface area contributed by atoms with E-state index >= 15 is 0 Å². The molecule has 0 aliphatic carbocycles. The van der Waals surface area contributed by atoms with Gasteiger partial charge in [-0.2, -0.15) is 4.31 Å². The van der Waals surface area contributed by atoms with Crippen molar-refractivity contribution in [3.8, 4) is 5.75 Å². The Balaban J connectivity index is 1.86. The average Bonchev–Trinajstić information content (AvgIpc) is 2.71. The molecule has 1 N–H and O–H groups in total. The summed E-state index contributed by atoms with van der Waals surface area (Å²) in [4.78, 5) is 17.1. The number of amides is 1. The molecule has 2 rings (SSSR count). The molecule has 1 amide bonds. The molecule has 9 heteroatoms. The van der Waals surface area contributed by atoms with Crippen molar-refractivity contribution in [2.24, 2.45) is 5.16 Å². The van der Waals surface area contributed by atoms with Crippen LogP contribution in [0.2, 0.25) is 0 Å². The van der Waals surface area contributed by atoms with Crippen molar-refractivity contribution < 1.29 is 22.8 Å². The molecule has 0 fully saturated rings. The molecule has 156 valence electrons. The minimum atomic E-state index is -3.56. The molecule has 2 aromatic rings. The molecule has 8 nitrogen and oxygen atoms in total. The molecule has 0 saturated carbocycles. The van der Waals surface area contributed by atoms with E-state index in [4.69, 9.17) is 9.57 Å². The zero-order valence-corrected chi connectivity index (χ0v) is 17.6. The second-order valence-corrected chi connectivity index (χ2v) is 8.47. The smallest absolute Gasteiger partial charge is 0.265 e. The summed E-state index contributed by atoms with van der Waals surface area (Å²) < 4.78 is 31.2. The number of ether oxygens (including phenoxy) is 1. The first kappa shape index (κ1) is 22.4. The van der Waals surface area contributed by atoms with Crippen LogP contribution in [0.5, 0.6) is 5.75 Å². The third-order valence-electron chi connectivity index (χ3n) is 4.13. The zero-order valence-electron chi connectivity index (χ0n) is 16.8. The van der Waals surface area contributed by atoms with Gasteiger partial charge in [-0.3, -0.25) is 4.79 Å². The van der Waals surface area contributed by atoms with Gasteiger partial charge in [0.2, 0.25) is 10.0 Å². The van der Waals surface area contributed by atoms with Gasteiger partial charge >= 0.3 is 0 Å². The molecular weight excluding hydrogens is 394 g/mol. The number of carbonyl (C=O) groups is 1. The number of hydrogen-bond donors (Lipinski definition) is 1. The number of sulfonamides is 1. The molecule has 2 aromatic carbocycles. The van der Waals surface area contributed by atoms with Crippen LogP contribution in [-0.2, 0) is 19.7 Å². The predicted molar refractivity (Wildman–Crippen MR) is 112 cm³/mol. The summed E-state index contributed by atoms with van der Waals surface area (Å²) in [5.74, 6) is 0.323. The van der Waals surface area contributed by atoms with E-state index in [-0.39, 0.29) is 17.5 Å². The summed E-state index contributed by atoms with van der Waals surface area (Å²) in [5, 5.41) is 6.37. The maximum absolute atomic E-state index is 12.4. The van der Waals surface area contributed by atoms with Gasteiger partial charge in [0, 0.05) is 18.8 Å². The molecule has 0 saturated heterocycles. The lowest BCUT2D eigenvalue weighted by Gasteiger charge is -2.21. The van der Waals surface area contributed by atoms with Crippen LogP contribution >= 0.6 is 0 Å². The molecule has 0 atom stereocenters. The Morgan fingerprint density at radius 2 is 1.76 bits per heavy atom. The summed E-state index contributed by atoms with van der Waals surface area (Å²) in [6.45, 7) is 3.31. The summed E-state index contributed by atoms with van der Waals surface area (Å²) >= 11 is 0. The number of carbonyl (C=O) groups excluding carboxylic acids is 1. The predicted octanol–water partition coefficient (Wildman–Crippen LogP) is 2.71. The largest absolute Gasteiger partial charge is 0.497 e. The third kappa shape index (κ3) is 6.30. The Labute approximate surface area is 171 Å². The molecule has 0 heterocycles. The van der Waals surface area contributed by atoms with Gasteiger partial charge in [0.05, 0.1) is 18.2 Å². The molecule has 0 spiro atoms. The third-order valence-corrected chi connectivity index (χ3v) is 6.18. The summed E-state index contributed by atoms with van der Waals surface area (Å²) in [6.07, 6.45) is 1.48. The molecule has 0 unspecified atom stereocenters. The fraction of sp³-hybridized carbons (Fsp3) is 0.300. The van der Waals surface area contributed by atoms with Gasteiger partial charge in [0.25, 0.3) is 5.91 Å². The van der Waals surface area contributed by atoms with Crippen molar-refractivity contribution in [3.63, 3.8) is 0 Å². The second-order valence-electron chi connectivity index (χ2n) is 6.47. The van der Waals surface area contributed by atoms with Crippen LogP contribution in [-0.4, -0.2) is 51.7 Å². The number of benzene rings is 2. The summed E-state index contributed by atoms with van der Waals surface area (Å²) in [5.41, 5.74) is 1.26. The van der Waals surface area contributed by atoms with Crippen molar-refractivity contribution in [2.75, 3.05) is 26.1 Å². The van der Waals surface area contributed by atoms with Gasteiger partial charge in [0.1, 0.15) is 5.75 Å². The number of oxime groups is 1. The van der Waals surface area contributed by atoms with Gasteiger partial charge in [0.15, 0.2) is 6.61 Å². The highest BCUT2D eigenvalue weighted by molar-refractivity contribution is 7.89. The molecule has 0 aromatic heterocycles. The quantitative estimate of drug-likeness (QED) is 0.498. The van der Waals surface area contributed by atoms with E-state index in [9.17, 15) is 13.2 Å². The van der Waals surface area contributed by atoms with Crippen LogP contribution in [0.1, 0.15) is 19.4 Å². The number of nitrogens with one attached hydrogen (secondary N) is 1. The normalized spacial score (nSPS) is 11.8. The van der Waals surface area contributed by atoms with Crippen LogP contribution in [0.4, 0.5) is 5.69 Å². The average molecular weight is 420 g/mol. The lowest BCUT2D eigenvalue weighted by atomic mass is 10.2. The molecule has 0 radical (unpaired) electrons. The van der Waals surface area contributed by atoms with Crippen molar-refractivity contribution in [1.82, 2.24) is 4.31 Å². The lowest BCUT2D eigenvalue weighted by Crippen LogP contribution is -2.33. The Morgan fingerprint density at radius 3 is 2.31 bits per heavy atom. The van der Waals surface area contributed by atoms with E-state index < -0.39 is 15.9 Å². The summed E-state index contributed by atoms with van der Waals surface area (Å²) in [6, 6.07) is 13.0. The number of rotatable bonds is 9. The van der Waals surface area contributed by atoms with Crippen LogP contribution in [0.15, 0.2) is 58.6 Å². The molecule has 29 heavy (non-hydrogen) atoms. The fourth-order valence-corrected chi connectivity index (χ4v) is 3.60. The zero-order chi connectivity index (χ0) is 21.4. The van der Waals surface area contributed by atoms with E-state index in [2.05, 4.69) is 10.5 Å². The Bertz CT molecular complexity index is 939. The SMILES string of the molecule is COc1ccc(/C=N\OCC(=O)Nc2ccc(S(=O)(=O)N(C)C(C)C)cc2)cc1. The van der Waals surface area contributed by atoms with Crippen molar-refractivity contribution in [2.45, 2.75) is 24.8 Å². The standard InChI is InChI=1S/C20H25N3O5S/c1-15(2)23(3)29(25,26)19-11-7-17(8-12-19)22-20(24)14-28-21-13-16-5-9-18(27-4)10-6-16/h5-13,15H,14H2,1-4H3,(H,22,24)/b21-13-. The van der Waals surface area contributed by atoms with Crippen molar-refractivity contribution in [1.29, 1.82) is 0 Å². The fourth-order valence-electron chi connectivity index (χ4n) is 2.24. The van der Waals surface area contributed by atoms with Gasteiger partial charge in [-0.05, 0) is 67.9 Å². The maximum Gasteiger partial charge on any atom is 0.265 e. The topological polar surface area (TPSA) is 97.3 Å². The number of anilines is 1. The van der Waals surface area contributed by atoms with Crippen LogP contribution in [0.25, 0.3) is 0 Å². The van der Waals surface area contributed by atoms with E-state index in [1.807, 2.05) is 0 Å². The second kappa shape index (κ2) is 10.0. The first-order valence-corrected chi connectivity index (χ1v) is 10.4. The molecule has 0 aliphatic heterocycles. The minimum Gasteiger partial charge on any atom is -0.497 e. The monoisotopic (exact) mass is 419 g/mol. The minimum absolute atomic E-state index is 0.157. The Kier molecular flexibility index (Phi) is 7.74. The first-order valence-electron chi connectivity index (χ1n) is 8.91. The molecular formula is C20H25N3O5S. The summed E-state index contributed by atoms with van der Waals surface area (Å²) in [7, 11) is -0.451. The molecule has 0 aliphatic rings. The van der Waals surface area contributed by atoms with Crippen LogP contribution < -0.4 is 10.1 Å². The van der Waals surface area contributed by atoms with Gasteiger partial charge in [-0.25, -0.2) is 8.42 Å². The van der Waals surface area contributed by atoms with Gasteiger partial charge in [-0.15, -0.1) is 0 Å². The van der Waals surface area contributed by atoms with E-state index in [1.54, 1.807) is 45.2 Å². The van der Waals surface area contributed by atoms with Gasteiger partial charge < -0.3 is 14.9 Å². The Hall–Kier alpha value is -2.91. The molecule has 0 bridgehead atoms. The maximum atomic E-state index is 12.4. The highest BCUT2D eigenvalue weighted by Crippen LogP contribution is 2.19.